The summed E-state index contributed by atoms with van der Waals surface area (Å²) < 4.78 is 27.6. The Labute approximate surface area is 141 Å². The van der Waals surface area contributed by atoms with Gasteiger partial charge in [0.1, 0.15) is 0 Å². The molecule has 0 saturated heterocycles. The predicted octanol–water partition coefficient (Wildman–Crippen LogP) is 3.76. The van der Waals surface area contributed by atoms with Crippen LogP contribution in [0.5, 0.6) is 0 Å². The second-order valence-electron chi connectivity index (χ2n) is 4.29. The summed E-state index contributed by atoms with van der Waals surface area (Å²) in [4.78, 5) is 0. The molecule has 0 fully saturated rings. The molecule has 0 radical (unpaired) electrons. The molecule has 7 heteroatoms. The molecule has 21 heavy (non-hydrogen) atoms. The van der Waals surface area contributed by atoms with E-state index in [0.29, 0.717) is 21.8 Å². The number of nitrogens with zero attached hydrogens (tertiary/aromatic N) is 1. The zero-order valence-electron chi connectivity index (χ0n) is 10.7. The van der Waals surface area contributed by atoms with Gasteiger partial charge in [0.2, 0.25) is 10.0 Å². The highest BCUT2D eigenvalue weighted by Gasteiger charge is 2.13. The first-order valence-corrected chi connectivity index (χ1v) is 8.95. The molecular formula is C14H10ClIN2O2S. The number of halogens is 2. The van der Waals surface area contributed by atoms with Gasteiger partial charge >= 0.3 is 0 Å². The quantitative estimate of drug-likeness (QED) is 0.748. The van der Waals surface area contributed by atoms with Gasteiger partial charge in [-0.05, 0) is 58.5 Å². The molecule has 0 atom stereocenters. The van der Waals surface area contributed by atoms with Crippen molar-refractivity contribution in [2.24, 2.45) is 0 Å². The molecule has 2 aromatic rings. The van der Waals surface area contributed by atoms with Crippen LogP contribution in [0.2, 0.25) is 5.02 Å². The lowest BCUT2D eigenvalue weighted by Gasteiger charge is -2.10. The maximum absolute atomic E-state index is 12.1. The van der Waals surface area contributed by atoms with Crippen molar-refractivity contribution in [2.75, 3.05) is 4.72 Å². The second-order valence-corrected chi connectivity index (χ2v) is 7.61. The number of hydrogen-bond acceptors (Lipinski definition) is 3. The third-order valence-electron chi connectivity index (χ3n) is 2.64. The molecule has 0 aromatic heterocycles. The summed E-state index contributed by atoms with van der Waals surface area (Å²) in [6.07, 6.45) is 0. The van der Waals surface area contributed by atoms with E-state index >= 15 is 0 Å². The third-order valence-corrected chi connectivity index (χ3v) is 5.01. The van der Waals surface area contributed by atoms with Crippen LogP contribution in [0.25, 0.3) is 0 Å². The Morgan fingerprint density at radius 2 is 1.86 bits per heavy atom. The van der Waals surface area contributed by atoms with E-state index in [9.17, 15) is 8.42 Å². The molecule has 108 valence electrons. The average Bonchev–Trinajstić information content (AvgIpc) is 2.42. The van der Waals surface area contributed by atoms with Crippen molar-refractivity contribution in [3.63, 3.8) is 0 Å². The van der Waals surface area contributed by atoms with E-state index in [4.69, 9.17) is 16.9 Å². The van der Waals surface area contributed by atoms with Crippen LogP contribution >= 0.6 is 34.2 Å². The standard InChI is InChI=1S/C14H10ClIN2O2S/c15-12-5-6-14(13(16)7-12)18-21(19,20)9-11-3-1-10(8-17)2-4-11/h1-7,18H,9H2. The predicted molar refractivity (Wildman–Crippen MR) is 91.6 cm³/mol. The van der Waals surface area contributed by atoms with Crippen LogP contribution in [-0.2, 0) is 15.8 Å². The summed E-state index contributed by atoms with van der Waals surface area (Å²) in [5.41, 5.74) is 1.61. The number of nitrogens with one attached hydrogen (secondary N) is 1. The summed E-state index contributed by atoms with van der Waals surface area (Å²) in [6, 6.07) is 13.4. The van der Waals surface area contributed by atoms with Crippen molar-refractivity contribution in [1.82, 2.24) is 0 Å². The highest BCUT2D eigenvalue weighted by molar-refractivity contribution is 14.1. The molecular weight excluding hydrogens is 423 g/mol. The highest BCUT2D eigenvalue weighted by atomic mass is 127. The third kappa shape index (κ3) is 4.59. The molecule has 0 unspecified atom stereocenters. The van der Waals surface area contributed by atoms with Crippen molar-refractivity contribution in [3.05, 3.63) is 62.2 Å². The van der Waals surface area contributed by atoms with Gasteiger partial charge in [0.25, 0.3) is 0 Å². The monoisotopic (exact) mass is 432 g/mol. The molecule has 0 bridgehead atoms. The average molecular weight is 433 g/mol. The van der Waals surface area contributed by atoms with Crippen molar-refractivity contribution in [3.8, 4) is 6.07 Å². The normalized spacial score (nSPS) is 10.9. The maximum atomic E-state index is 12.1. The first kappa shape index (κ1) is 16.1. The fourth-order valence-corrected chi connectivity index (χ4v) is 4.08. The van der Waals surface area contributed by atoms with Crippen molar-refractivity contribution >= 4 is 49.9 Å². The Morgan fingerprint density at radius 3 is 2.43 bits per heavy atom. The molecule has 0 aliphatic heterocycles. The van der Waals surface area contributed by atoms with Crippen LogP contribution in [-0.4, -0.2) is 8.42 Å². The Morgan fingerprint density at radius 1 is 1.19 bits per heavy atom. The zero-order valence-corrected chi connectivity index (χ0v) is 14.4. The molecule has 4 nitrogen and oxygen atoms in total. The number of hydrogen-bond donors (Lipinski definition) is 1. The largest absolute Gasteiger partial charge is 0.282 e. The summed E-state index contributed by atoms with van der Waals surface area (Å²) >= 11 is 7.86. The smallest absolute Gasteiger partial charge is 0.236 e. The highest BCUT2D eigenvalue weighted by Crippen LogP contribution is 2.23. The van der Waals surface area contributed by atoms with Crippen LogP contribution in [0.1, 0.15) is 11.1 Å². The second kappa shape index (κ2) is 6.64. The number of benzene rings is 2. The van der Waals surface area contributed by atoms with E-state index in [1.807, 2.05) is 28.7 Å². The van der Waals surface area contributed by atoms with Gasteiger partial charge in [-0.2, -0.15) is 5.26 Å². The molecule has 0 amide bonds. The van der Waals surface area contributed by atoms with Crippen LogP contribution in [0.15, 0.2) is 42.5 Å². The Hall–Kier alpha value is -1.30. The molecule has 2 aromatic carbocycles. The molecule has 0 aliphatic rings. The first-order valence-electron chi connectivity index (χ1n) is 5.84. The van der Waals surface area contributed by atoms with Gasteiger partial charge in [-0.3, -0.25) is 4.72 Å². The number of rotatable bonds is 4. The number of anilines is 1. The van der Waals surface area contributed by atoms with E-state index in [1.165, 1.54) is 0 Å². The maximum Gasteiger partial charge on any atom is 0.236 e. The fraction of sp³-hybridized carbons (Fsp3) is 0.0714. The van der Waals surface area contributed by atoms with E-state index < -0.39 is 10.0 Å². The molecule has 0 spiro atoms. The lowest BCUT2D eigenvalue weighted by molar-refractivity contribution is 0.600. The topological polar surface area (TPSA) is 70.0 Å². The molecule has 0 heterocycles. The van der Waals surface area contributed by atoms with Crippen LogP contribution < -0.4 is 4.72 Å². The minimum Gasteiger partial charge on any atom is -0.282 e. The summed E-state index contributed by atoms with van der Waals surface area (Å²) in [6.45, 7) is 0. The Balaban J connectivity index is 2.16. The SMILES string of the molecule is N#Cc1ccc(CS(=O)(=O)Nc2ccc(Cl)cc2I)cc1. The molecule has 2 rings (SSSR count). The van der Waals surface area contributed by atoms with Crippen molar-refractivity contribution < 1.29 is 8.42 Å². The van der Waals surface area contributed by atoms with Gasteiger partial charge in [0.05, 0.1) is 23.1 Å². The van der Waals surface area contributed by atoms with E-state index in [1.54, 1.807) is 42.5 Å². The van der Waals surface area contributed by atoms with Gasteiger partial charge in [0.15, 0.2) is 0 Å². The van der Waals surface area contributed by atoms with Crippen LogP contribution in [0.4, 0.5) is 5.69 Å². The van der Waals surface area contributed by atoms with Gasteiger partial charge < -0.3 is 0 Å². The summed E-state index contributed by atoms with van der Waals surface area (Å²) in [5, 5.41) is 9.27. The minimum absolute atomic E-state index is 0.155. The van der Waals surface area contributed by atoms with Crippen LogP contribution in [0, 0.1) is 14.9 Å². The fourth-order valence-electron chi connectivity index (χ4n) is 1.67. The van der Waals surface area contributed by atoms with Gasteiger partial charge in [-0.25, -0.2) is 8.42 Å². The summed E-state index contributed by atoms with van der Waals surface area (Å²) in [5.74, 6) is -0.155. The summed E-state index contributed by atoms with van der Waals surface area (Å²) in [7, 11) is -3.52. The minimum atomic E-state index is -3.52. The Bertz CT molecular complexity index is 799. The van der Waals surface area contributed by atoms with E-state index in [2.05, 4.69) is 4.72 Å². The van der Waals surface area contributed by atoms with Gasteiger partial charge in [-0.15, -0.1) is 0 Å². The number of sulfonamides is 1. The lowest BCUT2D eigenvalue weighted by Crippen LogP contribution is -2.15. The van der Waals surface area contributed by atoms with Gasteiger partial charge in [0, 0.05) is 8.59 Å². The molecule has 0 saturated carbocycles. The van der Waals surface area contributed by atoms with E-state index in [0.717, 1.165) is 3.57 Å². The van der Waals surface area contributed by atoms with E-state index in [-0.39, 0.29) is 5.75 Å². The van der Waals surface area contributed by atoms with Crippen molar-refractivity contribution in [1.29, 1.82) is 5.26 Å². The van der Waals surface area contributed by atoms with Crippen LogP contribution in [0.3, 0.4) is 0 Å². The molecule has 1 N–H and O–H groups in total. The number of nitriles is 1. The Kier molecular flexibility index (Phi) is 5.08. The molecule has 0 aliphatic carbocycles. The zero-order chi connectivity index (χ0) is 15.5. The van der Waals surface area contributed by atoms with Gasteiger partial charge in [-0.1, -0.05) is 23.7 Å². The lowest BCUT2D eigenvalue weighted by atomic mass is 10.2. The van der Waals surface area contributed by atoms with Crippen molar-refractivity contribution in [2.45, 2.75) is 5.75 Å². The first-order chi connectivity index (χ1) is 9.89.